The van der Waals surface area contributed by atoms with Crippen molar-refractivity contribution in [2.24, 2.45) is 7.05 Å². The standard InChI is InChI=1S/C31H31N5O4/c1-18-30-29(33-31(36(30)12-11-32-18)21-15-28(38)34(2)17-21)20-10-9-19(27(14-20)40-5)13-25(37)24-16-22-23(35(24)3)7-6-8-26(22)39-4/h6-12,14,16,21H,13,15,17H2,1-5H3. The number of methoxy groups -OCH3 is 2. The average molecular weight is 538 g/mol. The summed E-state index contributed by atoms with van der Waals surface area (Å²) in [6.45, 7) is 2.59. The SMILES string of the molecule is COc1cc(-c2nc(C3CC(=O)N(C)C3)n3ccnc(C)c23)ccc1CC(=O)c1cc2c(OC)cccc2n1C. The van der Waals surface area contributed by atoms with E-state index in [-0.39, 0.29) is 24.0 Å². The van der Waals surface area contributed by atoms with Crippen molar-refractivity contribution >= 4 is 28.1 Å². The molecule has 0 saturated carbocycles. The summed E-state index contributed by atoms with van der Waals surface area (Å²) in [6.07, 6.45) is 4.28. The topological polar surface area (TPSA) is 91.0 Å². The van der Waals surface area contributed by atoms with Crippen molar-refractivity contribution in [1.82, 2.24) is 23.8 Å². The Morgan fingerprint density at radius 1 is 1.07 bits per heavy atom. The van der Waals surface area contributed by atoms with Crippen LogP contribution in [0.3, 0.4) is 0 Å². The van der Waals surface area contributed by atoms with Gasteiger partial charge in [-0.05, 0) is 31.2 Å². The Balaban J connectivity index is 1.37. The lowest BCUT2D eigenvalue weighted by atomic mass is 10.0. The molecular weight excluding hydrogens is 506 g/mol. The Kier molecular flexibility index (Phi) is 6.29. The molecule has 5 aromatic rings. The van der Waals surface area contributed by atoms with Crippen molar-refractivity contribution < 1.29 is 19.1 Å². The molecule has 0 bridgehead atoms. The van der Waals surface area contributed by atoms with Gasteiger partial charge in [-0.2, -0.15) is 0 Å². The Morgan fingerprint density at radius 2 is 1.88 bits per heavy atom. The number of fused-ring (bicyclic) bond motifs is 2. The highest BCUT2D eigenvalue weighted by atomic mass is 16.5. The molecule has 0 N–H and O–H groups in total. The Labute approximate surface area is 232 Å². The molecule has 2 aromatic carbocycles. The van der Waals surface area contributed by atoms with Crippen molar-refractivity contribution in [3.8, 4) is 22.8 Å². The van der Waals surface area contributed by atoms with Crippen molar-refractivity contribution in [3.05, 3.63) is 77.6 Å². The molecule has 0 spiro atoms. The second-order valence-electron chi connectivity index (χ2n) is 10.3. The van der Waals surface area contributed by atoms with E-state index in [1.54, 1.807) is 25.3 Å². The molecule has 0 aliphatic carbocycles. The van der Waals surface area contributed by atoms with Crippen LogP contribution in [0.2, 0.25) is 0 Å². The van der Waals surface area contributed by atoms with Gasteiger partial charge >= 0.3 is 0 Å². The van der Waals surface area contributed by atoms with Gasteiger partial charge < -0.3 is 18.9 Å². The third-order valence-electron chi connectivity index (χ3n) is 7.94. The number of amides is 1. The molecule has 1 fully saturated rings. The van der Waals surface area contributed by atoms with Crippen LogP contribution in [-0.4, -0.2) is 63.3 Å². The third kappa shape index (κ3) is 4.09. The number of carbonyl (C=O) groups is 2. The van der Waals surface area contributed by atoms with E-state index >= 15 is 0 Å². The smallest absolute Gasteiger partial charge is 0.223 e. The van der Waals surface area contributed by atoms with Gasteiger partial charge in [-0.3, -0.25) is 19.0 Å². The highest BCUT2D eigenvalue weighted by Crippen LogP contribution is 2.36. The minimum absolute atomic E-state index is 0.00114. The van der Waals surface area contributed by atoms with Gasteiger partial charge in [-0.15, -0.1) is 0 Å². The number of hydrogen-bond acceptors (Lipinski definition) is 6. The van der Waals surface area contributed by atoms with Crippen LogP contribution >= 0.6 is 0 Å². The van der Waals surface area contributed by atoms with Crippen LogP contribution in [0.15, 0.2) is 54.9 Å². The van der Waals surface area contributed by atoms with Crippen LogP contribution in [-0.2, 0) is 18.3 Å². The number of rotatable bonds is 7. The number of aryl methyl sites for hydroxylation is 2. The average Bonchev–Trinajstić information content (AvgIpc) is 3.62. The minimum atomic E-state index is -0.0170. The number of Topliss-reactive ketones (excluding diaryl/α,β-unsaturated/α-hetero) is 1. The molecule has 9 heteroatoms. The third-order valence-corrected chi connectivity index (χ3v) is 7.94. The zero-order valence-corrected chi connectivity index (χ0v) is 23.3. The molecule has 1 saturated heterocycles. The maximum atomic E-state index is 13.5. The number of benzene rings is 2. The van der Waals surface area contributed by atoms with Gasteiger partial charge in [0.25, 0.3) is 0 Å². The van der Waals surface area contributed by atoms with Gasteiger partial charge in [0.1, 0.15) is 17.3 Å². The van der Waals surface area contributed by atoms with E-state index in [1.165, 1.54) is 0 Å². The van der Waals surface area contributed by atoms with Crippen molar-refractivity contribution in [2.45, 2.75) is 25.7 Å². The maximum Gasteiger partial charge on any atom is 0.223 e. The Morgan fingerprint density at radius 3 is 2.60 bits per heavy atom. The van der Waals surface area contributed by atoms with E-state index in [9.17, 15) is 9.59 Å². The van der Waals surface area contributed by atoms with E-state index in [4.69, 9.17) is 14.5 Å². The summed E-state index contributed by atoms with van der Waals surface area (Å²) in [7, 11) is 6.96. The molecule has 3 aromatic heterocycles. The first-order valence-electron chi connectivity index (χ1n) is 13.2. The number of imidazole rings is 1. The van der Waals surface area contributed by atoms with Gasteiger partial charge in [0.2, 0.25) is 5.91 Å². The molecule has 1 unspecified atom stereocenters. The second kappa shape index (κ2) is 9.82. The molecule has 204 valence electrons. The predicted molar refractivity (Wildman–Crippen MR) is 152 cm³/mol. The molecule has 1 aliphatic rings. The van der Waals surface area contributed by atoms with E-state index in [0.717, 1.165) is 50.5 Å². The fourth-order valence-electron chi connectivity index (χ4n) is 5.83. The monoisotopic (exact) mass is 537 g/mol. The van der Waals surface area contributed by atoms with E-state index in [1.807, 2.05) is 78.6 Å². The largest absolute Gasteiger partial charge is 0.496 e. The predicted octanol–water partition coefficient (Wildman–Crippen LogP) is 4.58. The molecular formula is C31H31N5O4. The fraction of sp³-hybridized carbons (Fsp3) is 0.290. The molecule has 4 heterocycles. The van der Waals surface area contributed by atoms with Crippen LogP contribution in [0.4, 0.5) is 0 Å². The summed E-state index contributed by atoms with van der Waals surface area (Å²) in [5, 5.41) is 0.903. The van der Waals surface area contributed by atoms with Gasteiger partial charge in [0, 0.05) is 68.3 Å². The Bertz CT molecular complexity index is 1800. The molecule has 9 nitrogen and oxygen atoms in total. The first kappa shape index (κ1) is 25.6. The summed E-state index contributed by atoms with van der Waals surface area (Å²) >= 11 is 0. The molecule has 1 amide bonds. The van der Waals surface area contributed by atoms with Crippen molar-refractivity contribution in [3.63, 3.8) is 0 Å². The highest BCUT2D eigenvalue weighted by Gasteiger charge is 2.32. The van der Waals surface area contributed by atoms with Crippen LogP contribution < -0.4 is 9.47 Å². The van der Waals surface area contributed by atoms with E-state index < -0.39 is 0 Å². The lowest BCUT2D eigenvalue weighted by molar-refractivity contribution is -0.126. The van der Waals surface area contributed by atoms with Gasteiger partial charge in [0.05, 0.1) is 42.3 Å². The summed E-state index contributed by atoms with van der Waals surface area (Å²) in [5.41, 5.74) is 5.71. The van der Waals surface area contributed by atoms with E-state index in [2.05, 4.69) is 4.98 Å². The summed E-state index contributed by atoms with van der Waals surface area (Å²) < 4.78 is 15.2. The first-order valence-corrected chi connectivity index (χ1v) is 13.2. The van der Waals surface area contributed by atoms with Crippen LogP contribution in [0.1, 0.15) is 39.9 Å². The van der Waals surface area contributed by atoms with Gasteiger partial charge in [-0.25, -0.2) is 4.98 Å². The quantitative estimate of drug-likeness (QED) is 0.282. The molecule has 1 aliphatic heterocycles. The number of hydrogen-bond donors (Lipinski definition) is 0. The number of carbonyl (C=O) groups excluding carboxylic acids is 2. The number of ether oxygens (including phenoxy) is 2. The lowest BCUT2D eigenvalue weighted by Crippen LogP contribution is -2.19. The molecule has 1 atom stereocenters. The molecule has 0 radical (unpaired) electrons. The molecule has 40 heavy (non-hydrogen) atoms. The minimum Gasteiger partial charge on any atom is -0.496 e. The van der Waals surface area contributed by atoms with Crippen LogP contribution in [0, 0.1) is 6.92 Å². The zero-order valence-electron chi connectivity index (χ0n) is 23.3. The van der Waals surface area contributed by atoms with Gasteiger partial charge in [0.15, 0.2) is 5.78 Å². The van der Waals surface area contributed by atoms with Crippen molar-refractivity contribution in [2.75, 3.05) is 27.8 Å². The summed E-state index contributed by atoms with van der Waals surface area (Å²) in [5.74, 6) is 2.30. The number of aromatic nitrogens is 4. The highest BCUT2D eigenvalue weighted by molar-refractivity contribution is 6.02. The van der Waals surface area contributed by atoms with E-state index in [0.29, 0.717) is 24.4 Å². The van der Waals surface area contributed by atoms with Crippen molar-refractivity contribution in [1.29, 1.82) is 0 Å². The normalized spacial score (nSPS) is 15.4. The van der Waals surface area contributed by atoms with Crippen LogP contribution in [0.5, 0.6) is 11.5 Å². The summed E-state index contributed by atoms with van der Waals surface area (Å²) in [6, 6.07) is 13.5. The first-order chi connectivity index (χ1) is 19.3. The van der Waals surface area contributed by atoms with Gasteiger partial charge in [-0.1, -0.05) is 18.2 Å². The number of ketones is 1. The zero-order chi connectivity index (χ0) is 28.1. The number of likely N-dealkylation sites (N-methyl/N-ethyl adjacent to an activating group) is 1. The maximum absolute atomic E-state index is 13.5. The summed E-state index contributed by atoms with van der Waals surface area (Å²) in [4.78, 5) is 37.1. The second-order valence-corrected chi connectivity index (χ2v) is 10.3. The molecule has 6 rings (SSSR count). The number of nitrogens with zero attached hydrogens (tertiary/aromatic N) is 5. The fourth-order valence-corrected chi connectivity index (χ4v) is 5.83. The Hall–Kier alpha value is -4.66. The lowest BCUT2D eigenvalue weighted by Gasteiger charge is -2.11. The number of likely N-dealkylation sites (tertiary alicyclic amines) is 1. The van der Waals surface area contributed by atoms with Crippen LogP contribution in [0.25, 0.3) is 27.7 Å².